The molecule has 182 valence electrons. The average Bonchev–Trinajstić information content (AvgIpc) is 3.26. The zero-order valence-electron chi connectivity index (χ0n) is 19.4. The van der Waals surface area contributed by atoms with Crippen molar-refractivity contribution < 1.29 is 23.1 Å². The van der Waals surface area contributed by atoms with Crippen LogP contribution in [-0.2, 0) is 32.7 Å². The van der Waals surface area contributed by atoms with Gasteiger partial charge in [-0.25, -0.2) is 13.1 Å². The fraction of sp³-hybridized carbons (Fsp3) is 0.591. The molecule has 11 heteroatoms. The number of hydrogen-bond acceptors (Lipinski definition) is 7. The van der Waals surface area contributed by atoms with E-state index in [1.165, 1.54) is 11.4 Å². The Hall–Kier alpha value is -2.34. The largest absolute Gasteiger partial charge is 0.394 e. The van der Waals surface area contributed by atoms with Crippen molar-refractivity contribution >= 4 is 15.9 Å². The van der Waals surface area contributed by atoms with Crippen molar-refractivity contribution in [3.8, 4) is 0 Å². The van der Waals surface area contributed by atoms with Crippen molar-refractivity contribution in [3.63, 3.8) is 0 Å². The van der Waals surface area contributed by atoms with E-state index in [2.05, 4.69) is 10.3 Å². The van der Waals surface area contributed by atoms with Gasteiger partial charge < -0.3 is 14.7 Å². The molecule has 2 aromatic rings. The van der Waals surface area contributed by atoms with Crippen molar-refractivity contribution in [2.45, 2.75) is 56.9 Å². The Morgan fingerprint density at radius 2 is 2.03 bits per heavy atom. The van der Waals surface area contributed by atoms with Crippen LogP contribution < -0.4 is 0 Å². The van der Waals surface area contributed by atoms with Gasteiger partial charge in [0.15, 0.2) is 0 Å². The molecule has 10 nitrogen and oxygen atoms in total. The molecule has 0 aliphatic carbocycles. The highest BCUT2D eigenvalue weighted by Crippen LogP contribution is 2.21. The van der Waals surface area contributed by atoms with Gasteiger partial charge in [0.25, 0.3) is 0 Å². The summed E-state index contributed by atoms with van der Waals surface area (Å²) in [7, 11) is -2.18. The standard InChI is InChI=1S/C22H33N5O5S/c1-17-13-26(18(2)15-28)22(29)10-7-11-27-19(12-23-24-27)16-32-21(17)14-25(3)33(30,31)20-8-5-4-6-9-20/h4-6,8-9,12,17-18,21,28H,7,10-11,13-16H2,1-3H3/t17-,18-,21-/m1/s1. The van der Waals surface area contributed by atoms with E-state index in [1.54, 1.807) is 53.0 Å². The van der Waals surface area contributed by atoms with Gasteiger partial charge in [0.05, 0.1) is 42.1 Å². The van der Waals surface area contributed by atoms with Gasteiger partial charge in [0.2, 0.25) is 15.9 Å². The molecule has 1 N–H and O–H groups in total. The van der Waals surface area contributed by atoms with Gasteiger partial charge >= 0.3 is 0 Å². The molecule has 0 fully saturated rings. The van der Waals surface area contributed by atoms with Gasteiger partial charge in [-0.05, 0) is 25.5 Å². The lowest BCUT2D eigenvalue weighted by molar-refractivity contribution is -0.136. The quantitative estimate of drug-likeness (QED) is 0.660. The Labute approximate surface area is 195 Å². The zero-order chi connectivity index (χ0) is 24.0. The number of benzene rings is 1. The van der Waals surface area contributed by atoms with E-state index in [0.29, 0.717) is 25.9 Å². The number of carbonyl (C=O) groups excluding carboxylic acids is 1. The number of aromatic nitrogens is 3. The van der Waals surface area contributed by atoms with Crippen LogP contribution in [0.4, 0.5) is 0 Å². The predicted molar refractivity (Wildman–Crippen MR) is 122 cm³/mol. The maximum absolute atomic E-state index is 13.1. The van der Waals surface area contributed by atoms with E-state index < -0.39 is 16.1 Å². The monoisotopic (exact) mass is 479 g/mol. The van der Waals surface area contributed by atoms with Crippen LogP contribution in [0.15, 0.2) is 41.4 Å². The molecule has 1 amide bonds. The van der Waals surface area contributed by atoms with E-state index in [0.717, 1.165) is 5.69 Å². The summed E-state index contributed by atoms with van der Waals surface area (Å²) in [5.74, 6) is -0.255. The number of aliphatic hydroxyl groups is 1. The van der Waals surface area contributed by atoms with Crippen LogP contribution >= 0.6 is 0 Å². The average molecular weight is 480 g/mol. The molecule has 0 unspecified atom stereocenters. The summed E-state index contributed by atoms with van der Waals surface area (Å²) in [6, 6.07) is 7.90. The maximum Gasteiger partial charge on any atom is 0.242 e. The number of amides is 1. The third kappa shape index (κ3) is 6.17. The minimum absolute atomic E-state index is 0.0605. The number of carbonyl (C=O) groups is 1. The second-order valence-corrected chi connectivity index (χ2v) is 10.6. The predicted octanol–water partition coefficient (Wildman–Crippen LogP) is 1.12. The molecular weight excluding hydrogens is 446 g/mol. The van der Waals surface area contributed by atoms with Crippen LogP contribution in [-0.4, -0.2) is 82.5 Å². The van der Waals surface area contributed by atoms with Gasteiger partial charge in [-0.2, -0.15) is 4.31 Å². The Morgan fingerprint density at radius 3 is 2.73 bits per heavy atom. The number of aliphatic hydroxyl groups excluding tert-OH is 1. The summed E-state index contributed by atoms with van der Waals surface area (Å²) in [4.78, 5) is 14.8. The van der Waals surface area contributed by atoms with Crippen LogP contribution in [0.5, 0.6) is 0 Å². The minimum Gasteiger partial charge on any atom is -0.394 e. The number of hydrogen-bond donors (Lipinski definition) is 1. The highest BCUT2D eigenvalue weighted by molar-refractivity contribution is 7.89. The fourth-order valence-electron chi connectivity index (χ4n) is 3.87. The summed E-state index contributed by atoms with van der Waals surface area (Å²) in [6.07, 6.45) is 2.04. The third-order valence-corrected chi connectivity index (χ3v) is 7.87. The molecule has 1 aromatic heterocycles. The Balaban J connectivity index is 1.86. The number of likely N-dealkylation sites (N-methyl/N-ethyl adjacent to an activating group) is 1. The van der Waals surface area contributed by atoms with Gasteiger partial charge in [0, 0.05) is 39.0 Å². The Bertz CT molecular complexity index is 1010. The SMILES string of the molecule is C[C@@H]1CN([C@H](C)CO)C(=O)CCCn2nncc2CO[C@@H]1CN(C)S(=O)(=O)c1ccccc1. The highest BCUT2D eigenvalue weighted by Gasteiger charge is 2.31. The second-order valence-electron chi connectivity index (χ2n) is 8.56. The first kappa shape index (κ1) is 25.3. The van der Waals surface area contributed by atoms with Crippen molar-refractivity contribution in [2.75, 3.05) is 26.7 Å². The van der Waals surface area contributed by atoms with Crippen molar-refractivity contribution in [1.29, 1.82) is 0 Å². The Morgan fingerprint density at radius 1 is 1.30 bits per heavy atom. The van der Waals surface area contributed by atoms with Gasteiger partial charge in [-0.1, -0.05) is 30.3 Å². The topological polar surface area (TPSA) is 118 Å². The third-order valence-electron chi connectivity index (χ3n) is 6.03. The molecule has 1 aliphatic heterocycles. The summed E-state index contributed by atoms with van der Waals surface area (Å²) < 4.78 is 35.3. The van der Waals surface area contributed by atoms with E-state index >= 15 is 0 Å². The van der Waals surface area contributed by atoms with E-state index in [9.17, 15) is 18.3 Å². The van der Waals surface area contributed by atoms with Gasteiger partial charge in [0.1, 0.15) is 0 Å². The molecule has 0 spiro atoms. The number of ether oxygens (including phenoxy) is 1. The molecule has 33 heavy (non-hydrogen) atoms. The van der Waals surface area contributed by atoms with Crippen LogP contribution in [0.3, 0.4) is 0 Å². The van der Waals surface area contributed by atoms with E-state index in [4.69, 9.17) is 4.74 Å². The molecule has 0 bridgehead atoms. The first-order valence-electron chi connectivity index (χ1n) is 11.1. The summed E-state index contributed by atoms with van der Waals surface area (Å²) >= 11 is 0. The van der Waals surface area contributed by atoms with Crippen LogP contribution in [0.25, 0.3) is 0 Å². The summed E-state index contributed by atoms with van der Waals surface area (Å²) in [5, 5.41) is 17.7. The number of nitrogens with zero attached hydrogens (tertiary/aromatic N) is 5. The zero-order valence-corrected chi connectivity index (χ0v) is 20.2. The van der Waals surface area contributed by atoms with Crippen molar-refractivity contribution in [1.82, 2.24) is 24.2 Å². The first-order chi connectivity index (χ1) is 15.7. The maximum atomic E-state index is 13.1. The van der Waals surface area contributed by atoms with Gasteiger partial charge in [-0.3, -0.25) is 4.79 Å². The summed E-state index contributed by atoms with van der Waals surface area (Å²) in [5.41, 5.74) is 0.773. The second kappa shape index (κ2) is 11.2. The number of fused-ring (bicyclic) bond motifs is 1. The van der Waals surface area contributed by atoms with E-state index in [-0.39, 0.29) is 42.5 Å². The number of sulfonamides is 1. The molecule has 0 radical (unpaired) electrons. The molecule has 1 aromatic carbocycles. The van der Waals surface area contributed by atoms with Gasteiger partial charge in [-0.15, -0.1) is 5.10 Å². The van der Waals surface area contributed by atoms with Crippen LogP contribution in [0, 0.1) is 5.92 Å². The number of aryl methyl sites for hydroxylation is 1. The lowest BCUT2D eigenvalue weighted by atomic mass is 10.0. The van der Waals surface area contributed by atoms with Crippen molar-refractivity contribution in [2.24, 2.45) is 5.92 Å². The van der Waals surface area contributed by atoms with Crippen LogP contribution in [0.1, 0.15) is 32.4 Å². The smallest absolute Gasteiger partial charge is 0.242 e. The lowest BCUT2D eigenvalue weighted by Gasteiger charge is -2.35. The summed E-state index contributed by atoms with van der Waals surface area (Å²) in [6.45, 7) is 4.78. The Kier molecular flexibility index (Phi) is 8.57. The molecule has 3 atom stereocenters. The van der Waals surface area contributed by atoms with Crippen molar-refractivity contribution in [3.05, 3.63) is 42.2 Å². The molecule has 3 rings (SSSR count). The normalized spacial score (nSPS) is 21.8. The molecule has 0 saturated carbocycles. The first-order valence-corrected chi connectivity index (χ1v) is 12.6. The number of rotatable bonds is 6. The molecule has 2 heterocycles. The molecule has 1 aliphatic rings. The van der Waals surface area contributed by atoms with E-state index in [1.807, 2.05) is 6.92 Å². The highest BCUT2D eigenvalue weighted by atomic mass is 32.2. The minimum atomic E-state index is -3.70. The lowest BCUT2D eigenvalue weighted by Crippen LogP contribution is -2.47. The molecule has 0 saturated heterocycles. The van der Waals surface area contributed by atoms with Crippen LogP contribution in [0.2, 0.25) is 0 Å². The molecular formula is C22H33N5O5S. The fourth-order valence-corrected chi connectivity index (χ4v) is 5.07.